The molecule has 0 spiro atoms. The summed E-state index contributed by atoms with van der Waals surface area (Å²) in [6, 6.07) is 1.71. The van der Waals surface area contributed by atoms with E-state index in [0.29, 0.717) is 24.8 Å². The maximum atomic E-state index is 13.6. The number of nitrogens with zero attached hydrogens (tertiary/aromatic N) is 4. The number of carbonyl (C=O) groups is 1. The molecule has 1 unspecified atom stereocenters. The van der Waals surface area contributed by atoms with Crippen molar-refractivity contribution in [2.45, 2.75) is 24.7 Å². The number of anilines is 1. The lowest BCUT2D eigenvalue weighted by atomic mass is 10.1. The molecule has 2 saturated heterocycles. The Kier molecular flexibility index (Phi) is 6.23. The van der Waals surface area contributed by atoms with Crippen LogP contribution in [0.3, 0.4) is 0 Å². The molecule has 3 heterocycles. The van der Waals surface area contributed by atoms with E-state index in [1.807, 2.05) is 0 Å². The molecular weight excluding hydrogens is 482 g/mol. The van der Waals surface area contributed by atoms with Crippen LogP contribution in [0, 0.1) is 5.82 Å². The molecule has 0 bridgehead atoms. The van der Waals surface area contributed by atoms with Gasteiger partial charge in [0, 0.05) is 32.2 Å². The number of alkyl halides is 3. The van der Waals surface area contributed by atoms with Crippen LogP contribution in [0.2, 0.25) is 0 Å². The van der Waals surface area contributed by atoms with Crippen molar-refractivity contribution in [2.75, 3.05) is 37.3 Å². The number of hydrogen-bond acceptors (Lipinski definition) is 6. The highest BCUT2D eigenvalue weighted by Gasteiger charge is 2.36. The third-order valence-corrected chi connectivity index (χ3v) is 7.03. The minimum Gasteiger partial charge on any atom is -0.487 e. The summed E-state index contributed by atoms with van der Waals surface area (Å²) < 4.78 is 84.0. The summed E-state index contributed by atoms with van der Waals surface area (Å²) in [6.07, 6.45) is -2.20. The lowest BCUT2D eigenvalue weighted by molar-refractivity contribution is -0.137. The molecule has 4 rings (SSSR count). The van der Waals surface area contributed by atoms with E-state index in [4.69, 9.17) is 4.74 Å². The van der Waals surface area contributed by atoms with Crippen molar-refractivity contribution >= 4 is 21.7 Å². The molecule has 2 aliphatic heterocycles. The van der Waals surface area contributed by atoms with Crippen molar-refractivity contribution in [2.24, 2.45) is 7.05 Å². The Morgan fingerprint density at radius 3 is 2.53 bits per heavy atom. The van der Waals surface area contributed by atoms with Gasteiger partial charge in [-0.05, 0) is 18.6 Å². The summed E-state index contributed by atoms with van der Waals surface area (Å²) in [5.74, 6) is -1.19. The first-order chi connectivity index (χ1) is 15.8. The van der Waals surface area contributed by atoms with Gasteiger partial charge in [0.25, 0.3) is 5.91 Å². The van der Waals surface area contributed by atoms with Crippen molar-refractivity contribution < 1.29 is 35.5 Å². The second-order valence-electron chi connectivity index (χ2n) is 8.40. The average Bonchev–Trinajstić information content (AvgIpc) is 3.30. The van der Waals surface area contributed by atoms with Crippen LogP contribution in [-0.4, -0.2) is 73.0 Å². The van der Waals surface area contributed by atoms with Crippen LogP contribution in [0.5, 0.6) is 5.75 Å². The summed E-state index contributed by atoms with van der Waals surface area (Å²) in [5.41, 5.74) is -0.852. The van der Waals surface area contributed by atoms with Gasteiger partial charge >= 0.3 is 6.18 Å². The first-order valence-corrected chi connectivity index (χ1v) is 12.2. The lowest BCUT2D eigenvalue weighted by Crippen LogP contribution is -2.55. The molecule has 1 aromatic heterocycles. The number of sulfonamides is 1. The van der Waals surface area contributed by atoms with Crippen LogP contribution in [0.25, 0.3) is 0 Å². The summed E-state index contributed by atoms with van der Waals surface area (Å²) in [7, 11) is -1.69. The second-order valence-corrected chi connectivity index (χ2v) is 10.4. The van der Waals surface area contributed by atoms with Crippen molar-refractivity contribution in [3.05, 3.63) is 41.3 Å². The smallest absolute Gasteiger partial charge is 0.416 e. The number of halogens is 4. The molecule has 2 aliphatic rings. The molecular formula is C20H23F4N5O4S. The summed E-state index contributed by atoms with van der Waals surface area (Å²) in [6.45, 7) is 1.02. The van der Waals surface area contributed by atoms with Crippen molar-refractivity contribution in [3.8, 4) is 5.75 Å². The maximum Gasteiger partial charge on any atom is 0.416 e. The summed E-state index contributed by atoms with van der Waals surface area (Å²) >= 11 is 0. The summed E-state index contributed by atoms with van der Waals surface area (Å²) in [5, 5.41) is 6.95. The molecule has 9 nitrogen and oxygen atoms in total. The van der Waals surface area contributed by atoms with Crippen LogP contribution in [-0.2, 0) is 23.2 Å². The minimum atomic E-state index is -4.69. The highest BCUT2D eigenvalue weighted by molar-refractivity contribution is 7.88. The Labute approximate surface area is 193 Å². The second kappa shape index (κ2) is 8.73. The topological polar surface area (TPSA) is 96.8 Å². The molecule has 1 atom stereocenters. The van der Waals surface area contributed by atoms with Crippen LogP contribution in [0.15, 0.2) is 24.4 Å². The zero-order valence-electron chi connectivity index (χ0n) is 18.3. The van der Waals surface area contributed by atoms with E-state index in [1.54, 1.807) is 11.9 Å². The number of carbonyl (C=O) groups excluding carboxylic acids is 1. The van der Waals surface area contributed by atoms with E-state index in [2.05, 4.69) is 10.4 Å². The highest BCUT2D eigenvalue weighted by Crippen LogP contribution is 2.34. The van der Waals surface area contributed by atoms with E-state index in [1.165, 1.54) is 15.2 Å². The molecule has 1 amide bonds. The number of aromatic nitrogens is 2. The molecule has 2 aromatic rings. The lowest BCUT2D eigenvalue weighted by Gasteiger charge is -2.40. The normalized spacial score (nSPS) is 19.8. The SMILES string of the molecule is Cn1ncc(C(=O)NC2CCN(S(C)(=O)=O)C2)c1N1CC(Oc2cc(F)cc(C(F)(F)F)c2)C1. The Morgan fingerprint density at radius 1 is 1.21 bits per heavy atom. The number of amides is 1. The predicted octanol–water partition coefficient (Wildman–Crippen LogP) is 1.61. The first kappa shape index (κ1) is 24.3. The Hall–Kier alpha value is -2.87. The van der Waals surface area contributed by atoms with E-state index in [9.17, 15) is 30.8 Å². The Balaban J connectivity index is 1.39. The molecule has 14 heteroatoms. The van der Waals surface area contributed by atoms with E-state index < -0.39 is 39.6 Å². The molecule has 1 aromatic carbocycles. The van der Waals surface area contributed by atoms with Crippen LogP contribution >= 0.6 is 0 Å². The van der Waals surface area contributed by atoms with Crippen molar-refractivity contribution in [3.63, 3.8) is 0 Å². The molecule has 0 saturated carbocycles. The first-order valence-electron chi connectivity index (χ1n) is 10.4. The largest absolute Gasteiger partial charge is 0.487 e. The van der Waals surface area contributed by atoms with Gasteiger partial charge in [-0.3, -0.25) is 9.48 Å². The van der Waals surface area contributed by atoms with Gasteiger partial charge in [0.15, 0.2) is 0 Å². The number of ether oxygens (including phenoxy) is 1. The quantitative estimate of drug-likeness (QED) is 0.600. The summed E-state index contributed by atoms with van der Waals surface area (Å²) in [4.78, 5) is 14.6. The molecule has 186 valence electrons. The fourth-order valence-corrected chi connectivity index (χ4v) is 4.94. The standard InChI is InChI=1S/C20H23F4N5O4S/c1-27-19(17(8-25-27)18(30)26-14-3-4-29(9-14)34(2,31)32)28-10-16(11-28)33-15-6-12(20(22,23)24)5-13(21)7-15/h5-8,14,16H,3-4,9-11H2,1-2H3,(H,26,30). The monoisotopic (exact) mass is 505 g/mol. The molecule has 1 N–H and O–H groups in total. The Bertz CT molecular complexity index is 1190. The fourth-order valence-electron chi connectivity index (χ4n) is 4.05. The minimum absolute atomic E-state index is 0.188. The number of hydrogen-bond donors (Lipinski definition) is 1. The number of aryl methyl sites for hydroxylation is 1. The van der Waals surface area contributed by atoms with Gasteiger partial charge in [-0.25, -0.2) is 17.1 Å². The van der Waals surface area contributed by atoms with Gasteiger partial charge in [-0.1, -0.05) is 0 Å². The van der Waals surface area contributed by atoms with Gasteiger partial charge in [-0.2, -0.15) is 18.3 Å². The molecule has 2 fully saturated rings. The third-order valence-electron chi connectivity index (χ3n) is 5.76. The van der Waals surface area contributed by atoms with Gasteiger partial charge in [0.05, 0.1) is 31.1 Å². The number of rotatable bonds is 6. The van der Waals surface area contributed by atoms with Crippen molar-refractivity contribution in [1.29, 1.82) is 0 Å². The molecule has 0 radical (unpaired) electrons. The van der Waals surface area contributed by atoms with Gasteiger partial charge in [0.1, 0.15) is 29.1 Å². The molecule has 0 aliphatic carbocycles. The maximum absolute atomic E-state index is 13.6. The van der Waals surface area contributed by atoms with Gasteiger partial charge in [-0.15, -0.1) is 0 Å². The van der Waals surface area contributed by atoms with Crippen molar-refractivity contribution in [1.82, 2.24) is 19.4 Å². The van der Waals surface area contributed by atoms with E-state index in [-0.39, 0.29) is 37.0 Å². The average molecular weight is 505 g/mol. The van der Waals surface area contributed by atoms with Gasteiger partial charge in [0.2, 0.25) is 10.0 Å². The highest BCUT2D eigenvalue weighted by atomic mass is 32.2. The molecule has 34 heavy (non-hydrogen) atoms. The fraction of sp³-hybridized carbons (Fsp3) is 0.500. The van der Waals surface area contributed by atoms with Crippen LogP contribution in [0.4, 0.5) is 23.4 Å². The van der Waals surface area contributed by atoms with Crippen LogP contribution < -0.4 is 15.0 Å². The zero-order chi connectivity index (χ0) is 24.8. The van der Waals surface area contributed by atoms with Gasteiger partial charge < -0.3 is 15.0 Å². The Morgan fingerprint density at radius 2 is 1.91 bits per heavy atom. The van der Waals surface area contributed by atoms with Crippen LogP contribution in [0.1, 0.15) is 22.3 Å². The zero-order valence-corrected chi connectivity index (χ0v) is 19.2. The van der Waals surface area contributed by atoms with E-state index >= 15 is 0 Å². The number of nitrogens with one attached hydrogen (secondary N) is 1. The van der Waals surface area contributed by atoms with E-state index in [0.717, 1.165) is 18.4 Å². The number of benzene rings is 1. The predicted molar refractivity (Wildman–Crippen MR) is 114 cm³/mol. The third kappa shape index (κ3) is 5.12.